The Bertz CT molecular complexity index is 454. The molecule has 1 heterocycles. The molecule has 0 amide bonds. The van der Waals surface area contributed by atoms with E-state index in [1.165, 1.54) is 0 Å². The summed E-state index contributed by atoms with van der Waals surface area (Å²) >= 11 is 12.4. The molecule has 0 unspecified atom stereocenters. The number of benzene rings is 1. The van der Waals surface area contributed by atoms with Crippen molar-refractivity contribution in [1.29, 1.82) is 0 Å². The van der Waals surface area contributed by atoms with Crippen LogP contribution in [-0.2, 0) is 11.3 Å². The third-order valence-electron chi connectivity index (χ3n) is 3.55. The van der Waals surface area contributed by atoms with Gasteiger partial charge in [-0.15, -0.1) is 0 Å². The van der Waals surface area contributed by atoms with E-state index in [1.54, 1.807) is 0 Å². The van der Waals surface area contributed by atoms with Gasteiger partial charge in [-0.05, 0) is 12.1 Å². The van der Waals surface area contributed by atoms with E-state index in [0.717, 1.165) is 38.3 Å². The van der Waals surface area contributed by atoms with Crippen molar-refractivity contribution in [3.8, 4) is 0 Å². The van der Waals surface area contributed by atoms with Gasteiger partial charge in [0.25, 0.3) is 0 Å². The van der Waals surface area contributed by atoms with Crippen molar-refractivity contribution in [1.82, 2.24) is 9.80 Å². The minimum absolute atomic E-state index is 0.205. The van der Waals surface area contributed by atoms with Crippen molar-refractivity contribution in [2.75, 3.05) is 32.7 Å². The number of carboxylic acids is 1. The molecular weight excluding hydrogens is 299 g/mol. The fourth-order valence-corrected chi connectivity index (χ4v) is 2.85. The first-order valence-corrected chi connectivity index (χ1v) is 7.41. The summed E-state index contributed by atoms with van der Waals surface area (Å²) < 4.78 is 0. The standard InChI is InChI=1S/C14H18Cl2N2O2/c15-12-2-1-3-13(16)11(12)10-18-8-6-17(7-9-18)5-4-14(19)20/h1-3H,4-10H2,(H,19,20). The molecule has 1 aromatic rings. The second-order valence-electron chi connectivity index (χ2n) is 4.96. The Morgan fingerprint density at radius 1 is 1.10 bits per heavy atom. The lowest BCUT2D eigenvalue weighted by atomic mass is 10.2. The third kappa shape index (κ3) is 4.35. The van der Waals surface area contributed by atoms with Crippen LogP contribution in [0.25, 0.3) is 0 Å². The summed E-state index contributed by atoms with van der Waals surface area (Å²) in [4.78, 5) is 15.0. The van der Waals surface area contributed by atoms with Crippen molar-refractivity contribution in [2.24, 2.45) is 0 Å². The van der Waals surface area contributed by atoms with Gasteiger partial charge in [0, 0.05) is 54.9 Å². The Kier molecular flexibility index (Phi) is 5.66. The minimum atomic E-state index is -0.740. The highest BCUT2D eigenvalue weighted by Gasteiger charge is 2.19. The number of aliphatic carboxylic acids is 1. The van der Waals surface area contributed by atoms with E-state index in [9.17, 15) is 4.79 Å². The zero-order valence-corrected chi connectivity index (χ0v) is 12.7. The minimum Gasteiger partial charge on any atom is -0.481 e. The van der Waals surface area contributed by atoms with Crippen molar-refractivity contribution < 1.29 is 9.90 Å². The van der Waals surface area contributed by atoms with Crippen molar-refractivity contribution in [2.45, 2.75) is 13.0 Å². The van der Waals surface area contributed by atoms with Crippen molar-refractivity contribution in [3.63, 3.8) is 0 Å². The molecule has 2 rings (SSSR count). The molecule has 0 radical (unpaired) electrons. The van der Waals surface area contributed by atoms with Gasteiger partial charge in [0.2, 0.25) is 0 Å². The average molecular weight is 317 g/mol. The quantitative estimate of drug-likeness (QED) is 0.906. The number of nitrogens with zero attached hydrogens (tertiary/aromatic N) is 2. The number of carbonyl (C=O) groups is 1. The molecule has 6 heteroatoms. The van der Waals surface area contributed by atoms with E-state index < -0.39 is 5.97 Å². The largest absolute Gasteiger partial charge is 0.481 e. The average Bonchev–Trinajstić information content (AvgIpc) is 2.42. The number of hydrogen-bond donors (Lipinski definition) is 1. The number of rotatable bonds is 5. The number of halogens is 2. The maximum absolute atomic E-state index is 10.6. The van der Waals surface area contributed by atoms with Gasteiger partial charge in [0.05, 0.1) is 6.42 Å². The van der Waals surface area contributed by atoms with E-state index in [2.05, 4.69) is 9.80 Å². The monoisotopic (exact) mass is 316 g/mol. The van der Waals surface area contributed by atoms with Crippen molar-refractivity contribution >= 4 is 29.2 Å². The highest BCUT2D eigenvalue weighted by atomic mass is 35.5. The maximum Gasteiger partial charge on any atom is 0.304 e. The van der Waals surface area contributed by atoms with Gasteiger partial charge in [-0.3, -0.25) is 9.69 Å². The van der Waals surface area contributed by atoms with Crippen LogP contribution in [0.15, 0.2) is 18.2 Å². The summed E-state index contributed by atoms with van der Waals surface area (Å²) in [6.45, 7) is 4.94. The SMILES string of the molecule is O=C(O)CCN1CCN(Cc2c(Cl)cccc2Cl)CC1. The van der Waals surface area contributed by atoms with Crippen LogP contribution < -0.4 is 0 Å². The molecule has 1 aliphatic heterocycles. The molecule has 1 saturated heterocycles. The molecule has 0 bridgehead atoms. The Hall–Kier alpha value is -0.810. The molecule has 0 saturated carbocycles. The molecule has 20 heavy (non-hydrogen) atoms. The Morgan fingerprint density at radius 2 is 1.65 bits per heavy atom. The first-order chi connectivity index (χ1) is 9.56. The van der Waals surface area contributed by atoms with Gasteiger partial charge in [-0.2, -0.15) is 0 Å². The van der Waals surface area contributed by atoms with Crippen LogP contribution >= 0.6 is 23.2 Å². The molecule has 0 aromatic heterocycles. The molecule has 4 nitrogen and oxygen atoms in total. The van der Waals surface area contributed by atoms with E-state index in [-0.39, 0.29) is 6.42 Å². The van der Waals surface area contributed by atoms with Crippen LogP contribution in [0, 0.1) is 0 Å². The summed E-state index contributed by atoms with van der Waals surface area (Å²) in [7, 11) is 0. The second kappa shape index (κ2) is 7.27. The Balaban J connectivity index is 1.84. The first-order valence-electron chi connectivity index (χ1n) is 6.65. The van der Waals surface area contributed by atoms with Crippen LogP contribution in [0.2, 0.25) is 10.0 Å². The van der Waals surface area contributed by atoms with Gasteiger partial charge in [-0.1, -0.05) is 29.3 Å². The molecule has 0 spiro atoms. The molecule has 1 N–H and O–H groups in total. The van der Waals surface area contributed by atoms with Gasteiger partial charge in [0.1, 0.15) is 0 Å². The van der Waals surface area contributed by atoms with Crippen LogP contribution in [0.5, 0.6) is 0 Å². The summed E-state index contributed by atoms with van der Waals surface area (Å²) in [5.41, 5.74) is 0.967. The molecule has 0 atom stereocenters. The number of piperazine rings is 1. The summed E-state index contributed by atoms with van der Waals surface area (Å²) in [6.07, 6.45) is 0.205. The van der Waals surface area contributed by atoms with E-state index in [4.69, 9.17) is 28.3 Å². The summed E-state index contributed by atoms with van der Waals surface area (Å²) in [6, 6.07) is 5.55. The molecule has 1 aliphatic rings. The number of hydrogen-bond acceptors (Lipinski definition) is 3. The predicted octanol–water partition coefficient (Wildman–Crippen LogP) is 2.59. The second-order valence-corrected chi connectivity index (χ2v) is 5.78. The lowest BCUT2D eigenvalue weighted by Crippen LogP contribution is -2.46. The lowest BCUT2D eigenvalue weighted by molar-refractivity contribution is -0.137. The zero-order chi connectivity index (χ0) is 14.5. The topological polar surface area (TPSA) is 43.8 Å². The smallest absolute Gasteiger partial charge is 0.304 e. The van der Waals surface area contributed by atoms with Crippen LogP contribution in [0.1, 0.15) is 12.0 Å². The fourth-order valence-electron chi connectivity index (χ4n) is 2.33. The fraction of sp³-hybridized carbons (Fsp3) is 0.500. The van der Waals surface area contributed by atoms with E-state index in [1.807, 2.05) is 18.2 Å². The normalized spacial score (nSPS) is 17.3. The van der Waals surface area contributed by atoms with Crippen molar-refractivity contribution in [3.05, 3.63) is 33.8 Å². The van der Waals surface area contributed by atoms with Gasteiger partial charge >= 0.3 is 5.97 Å². The molecule has 1 fully saturated rings. The number of carboxylic acid groups (broad SMARTS) is 1. The molecule has 1 aromatic carbocycles. The summed E-state index contributed by atoms with van der Waals surface area (Å²) in [5.74, 6) is -0.740. The first kappa shape index (κ1) is 15.6. The van der Waals surface area contributed by atoms with Crippen LogP contribution in [0.4, 0.5) is 0 Å². The summed E-state index contributed by atoms with van der Waals surface area (Å²) in [5, 5.41) is 10.1. The van der Waals surface area contributed by atoms with Gasteiger partial charge in [-0.25, -0.2) is 0 Å². The lowest BCUT2D eigenvalue weighted by Gasteiger charge is -2.34. The van der Waals surface area contributed by atoms with E-state index >= 15 is 0 Å². The molecule has 0 aliphatic carbocycles. The third-order valence-corrected chi connectivity index (χ3v) is 4.26. The zero-order valence-electron chi connectivity index (χ0n) is 11.2. The maximum atomic E-state index is 10.6. The molecule has 110 valence electrons. The van der Waals surface area contributed by atoms with Crippen LogP contribution in [-0.4, -0.2) is 53.6 Å². The highest BCUT2D eigenvalue weighted by Crippen LogP contribution is 2.26. The van der Waals surface area contributed by atoms with Gasteiger partial charge in [0.15, 0.2) is 0 Å². The Morgan fingerprint density at radius 3 is 2.20 bits per heavy atom. The van der Waals surface area contributed by atoms with E-state index in [0.29, 0.717) is 16.6 Å². The molecular formula is C14H18Cl2N2O2. The highest BCUT2D eigenvalue weighted by molar-refractivity contribution is 6.35. The van der Waals surface area contributed by atoms with Gasteiger partial charge < -0.3 is 10.0 Å². The predicted molar refractivity (Wildman–Crippen MR) is 80.4 cm³/mol. The Labute approximate surface area is 128 Å². The van der Waals surface area contributed by atoms with Crippen LogP contribution in [0.3, 0.4) is 0 Å².